The lowest BCUT2D eigenvalue weighted by molar-refractivity contribution is -0.123. The fraction of sp³-hybridized carbons (Fsp3) is 0.714. The van der Waals surface area contributed by atoms with E-state index in [2.05, 4.69) is 29.1 Å². The molecular weight excluding hydrogens is 370 g/mol. The fourth-order valence-corrected chi connectivity index (χ4v) is 4.44. The zero-order valence-corrected chi connectivity index (χ0v) is 17.8. The highest BCUT2D eigenvalue weighted by Gasteiger charge is 2.41. The van der Waals surface area contributed by atoms with Crippen LogP contribution in [0, 0.1) is 12.8 Å². The Bertz CT molecular complexity index is 844. The minimum atomic E-state index is -0.135. The predicted molar refractivity (Wildman–Crippen MR) is 107 cm³/mol. The molecule has 0 radical (unpaired) electrons. The minimum Gasteiger partial charge on any atom is -0.375 e. The Morgan fingerprint density at radius 1 is 1.34 bits per heavy atom. The van der Waals surface area contributed by atoms with Gasteiger partial charge in [0.2, 0.25) is 5.89 Å². The summed E-state index contributed by atoms with van der Waals surface area (Å²) in [5.41, 5.74) is 1.38. The second-order valence-electron chi connectivity index (χ2n) is 8.88. The molecule has 0 saturated carbocycles. The van der Waals surface area contributed by atoms with Crippen molar-refractivity contribution in [2.45, 2.75) is 64.4 Å². The lowest BCUT2D eigenvalue weighted by atomic mass is 9.78. The van der Waals surface area contributed by atoms with Crippen molar-refractivity contribution in [1.29, 1.82) is 0 Å². The molecule has 2 fully saturated rings. The molecule has 4 heterocycles. The minimum absolute atomic E-state index is 0.0175. The summed E-state index contributed by atoms with van der Waals surface area (Å²) in [5, 5.41) is 8.49. The molecule has 2 aliphatic rings. The molecule has 1 atom stereocenters. The highest BCUT2D eigenvalue weighted by atomic mass is 16.5. The van der Waals surface area contributed by atoms with E-state index < -0.39 is 0 Å². The number of carbonyl (C=O) groups is 1. The summed E-state index contributed by atoms with van der Waals surface area (Å²) in [6, 6.07) is 1.86. The topological polar surface area (TPSA) is 86.3 Å². The number of hydrogen-bond acceptors (Lipinski definition) is 6. The lowest BCUT2D eigenvalue weighted by Gasteiger charge is -2.46. The van der Waals surface area contributed by atoms with Crippen molar-refractivity contribution in [3.05, 3.63) is 29.2 Å². The molecule has 29 heavy (non-hydrogen) atoms. The standard InChI is InChI=1S/C21H31N5O3/c1-14(2)19-22-18(24-29-19)12-16-5-10-28-21(13-16)6-8-26(9-7-21)20(27)17-11-15(3)25(4)23-17/h11,14,16H,5-10,12-13H2,1-4H3. The van der Waals surface area contributed by atoms with Crippen LogP contribution in [0.1, 0.15) is 73.3 Å². The molecular formula is C21H31N5O3. The summed E-state index contributed by atoms with van der Waals surface area (Å²) >= 11 is 0. The Balaban J connectivity index is 1.35. The maximum Gasteiger partial charge on any atom is 0.274 e. The second kappa shape index (κ2) is 7.89. The monoisotopic (exact) mass is 401 g/mol. The number of nitrogens with zero attached hydrogens (tertiary/aromatic N) is 5. The Kier molecular flexibility index (Phi) is 5.46. The number of ether oxygens (including phenoxy) is 1. The molecule has 8 nitrogen and oxygen atoms in total. The Morgan fingerprint density at radius 3 is 2.72 bits per heavy atom. The normalized spacial score (nSPS) is 21.8. The van der Waals surface area contributed by atoms with Gasteiger partial charge in [0, 0.05) is 44.8 Å². The molecule has 2 aromatic rings. The highest BCUT2D eigenvalue weighted by Crippen LogP contribution is 2.39. The van der Waals surface area contributed by atoms with Gasteiger partial charge in [-0.2, -0.15) is 10.1 Å². The fourth-order valence-electron chi connectivity index (χ4n) is 4.44. The molecule has 2 saturated heterocycles. The SMILES string of the molecule is Cc1cc(C(=O)N2CCC3(CC2)CC(Cc2noc(C(C)C)n2)CCO3)nn1C. The third kappa shape index (κ3) is 4.22. The van der Waals surface area contributed by atoms with Crippen LogP contribution in [0.4, 0.5) is 0 Å². The Labute approximate surface area is 171 Å². The van der Waals surface area contributed by atoms with Gasteiger partial charge in [-0.3, -0.25) is 9.48 Å². The molecule has 4 rings (SSSR count). The lowest BCUT2D eigenvalue weighted by Crippen LogP contribution is -2.51. The van der Waals surface area contributed by atoms with E-state index >= 15 is 0 Å². The van der Waals surface area contributed by atoms with Crippen LogP contribution in [0.2, 0.25) is 0 Å². The van der Waals surface area contributed by atoms with Crippen LogP contribution in [0.3, 0.4) is 0 Å². The average Bonchev–Trinajstić information content (AvgIpc) is 3.29. The van der Waals surface area contributed by atoms with Gasteiger partial charge in [-0.05, 0) is 44.6 Å². The molecule has 158 valence electrons. The first-order valence-electron chi connectivity index (χ1n) is 10.6. The molecule has 0 bridgehead atoms. The molecule has 0 aromatic carbocycles. The molecule has 1 unspecified atom stereocenters. The van der Waals surface area contributed by atoms with Gasteiger partial charge >= 0.3 is 0 Å². The van der Waals surface area contributed by atoms with E-state index in [0.29, 0.717) is 30.6 Å². The van der Waals surface area contributed by atoms with Crippen molar-refractivity contribution in [2.75, 3.05) is 19.7 Å². The summed E-state index contributed by atoms with van der Waals surface area (Å²) in [4.78, 5) is 19.2. The second-order valence-corrected chi connectivity index (χ2v) is 8.88. The summed E-state index contributed by atoms with van der Waals surface area (Å²) in [6.45, 7) is 8.25. The first-order chi connectivity index (χ1) is 13.8. The third-order valence-corrected chi connectivity index (χ3v) is 6.34. The van der Waals surface area contributed by atoms with Crippen LogP contribution in [-0.2, 0) is 18.2 Å². The van der Waals surface area contributed by atoms with Gasteiger partial charge in [0.05, 0.1) is 5.60 Å². The quantitative estimate of drug-likeness (QED) is 0.783. The van der Waals surface area contributed by atoms with Crippen molar-refractivity contribution in [1.82, 2.24) is 24.8 Å². The van der Waals surface area contributed by atoms with Gasteiger partial charge in [-0.15, -0.1) is 0 Å². The zero-order chi connectivity index (χ0) is 20.6. The molecule has 1 spiro atoms. The first kappa shape index (κ1) is 20.1. The first-order valence-corrected chi connectivity index (χ1v) is 10.6. The van der Waals surface area contributed by atoms with Crippen LogP contribution in [0.25, 0.3) is 0 Å². The van der Waals surface area contributed by atoms with Crippen molar-refractivity contribution < 1.29 is 14.1 Å². The van der Waals surface area contributed by atoms with Crippen LogP contribution in [-0.4, -0.2) is 56.0 Å². The zero-order valence-electron chi connectivity index (χ0n) is 17.8. The van der Waals surface area contributed by atoms with Crippen LogP contribution in [0.15, 0.2) is 10.6 Å². The molecule has 2 aliphatic heterocycles. The van der Waals surface area contributed by atoms with Gasteiger partial charge in [-0.1, -0.05) is 19.0 Å². The summed E-state index contributed by atoms with van der Waals surface area (Å²) in [5.74, 6) is 2.26. The number of hydrogen-bond donors (Lipinski definition) is 0. The average molecular weight is 402 g/mol. The summed E-state index contributed by atoms with van der Waals surface area (Å²) < 4.78 is 13.4. The number of piperidine rings is 1. The van der Waals surface area contributed by atoms with Crippen LogP contribution >= 0.6 is 0 Å². The van der Waals surface area contributed by atoms with Crippen molar-refractivity contribution in [3.8, 4) is 0 Å². The Morgan fingerprint density at radius 2 is 2.10 bits per heavy atom. The third-order valence-electron chi connectivity index (χ3n) is 6.34. The van der Waals surface area contributed by atoms with Gasteiger partial charge in [-0.25, -0.2) is 0 Å². The van der Waals surface area contributed by atoms with Crippen LogP contribution in [0.5, 0.6) is 0 Å². The van der Waals surface area contributed by atoms with Gasteiger partial charge in [0.15, 0.2) is 11.5 Å². The van der Waals surface area contributed by atoms with E-state index in [1.165, 1.54) is 0 Å². The van der Waals surface area contributed by atoms with Crippen molar-refractivity contribution >= 4 is 5.91 Å². The molecule has 0 N–H and O–H groups in total. The summed E-state index contributed by atoms with van der Waals surface area (Å²) in [6.07, 6.45) is 4.57. The molecule has 2 aromatic heterocycles. The maximum atomic E-state index is 12.8. The van der Waals surface area contributed by atoms with Gasteiger partial charge in [0.1, 0.15) is 0 Å². The Hall–Kier alpha value is -2.22. The number of rotatable bonds is 4. The highest BCUT2D eigenvalue weighted by molar-refractivity contribution is 5.92. The van der Waals surface area contributed by atoms with E-state index in [9.17, 15) is 4.79 Å². The maximum absolute atomic E-state index is 12.8. The smallest absolute Gasteiger partial charge is 0.274 e. The molecule has 8 heteroatoms. The van der Waals surface area contributed by atoms with Crippen molar-refractivity contribution in [3.63, 3.8) is 0 Å². The largest absolute Gasteiger partial charge is 0.375 e. The van der Waals surface area contributed by atoms with Crippen molar-refractivity contribution in [2.24, 2.45) is 13.0 Å². The number of likely N-dealkylation sites (tertiary alicyclic amines) is 1. The van der Waals surface area contributed by atoms with Crippen LogP contribution < -0.4 is 0 Å². The van der Waals surface area contributed by atoms with Gasteiger partial charge in [0.25, 0.3) is 5.91 Å². The summed E-state index contributed by atoms with van der Waals surface area (Å²) in [7, 11) is 1.86. The number of aryl methyl sites for hydroxylation is 2. The van der Waals surface area contributed by atoms with E-state index in [4.69, 9.17) is 9.26 Å². The van der Waals surface area contributed by atoms with E-state index in [-0.39, 0.29) is 17.4 Å². The van der Waals surface area contributed by atoms with E-state index in [0.717, 1.165) is 50.2 Å². The predicted octanol–water partition coefficient (Wildman–Crippen LogP) is 2.88. The van der Waals surface area contributed by atoms with E-state index in [1.54, 1.807) is 4.68 Å². The number of carbonyl (C=O) groups excluding carboxylic acids is 1. The molecule has 1 amide bonds. The number of amides is 1. The van der Waals surface area contributed by atoms with Gasteiger partial charge < -0.3 is 14.2 Å². The molecule has 0 aliphatic carbocycles. The van der Waals surface area contributed by atoms with E-state index in [1.807, 2.05) is 24.9 Å². The number of aromatic nitrogens is 4.